The van der Waals surface area contributed by atoms with E-state index < -0.39 is 41.5 Å². The summed E-state index contributed by atoms with van der Waals surface area (Å²) >= 11 is 0. The monoisotopic (exact) mass is 487 g/mol. The standard InChI is InChI=1S/C23H32F3N3O5/c1-22(2,3)34-21(31)29-11-5-6-17(29)18(30)27-13-14-12-16(24)20(28-19(14)32-4)33-15-7-9-23(25,26)10-8-15/h12,15,17H,5-11,13H2,1-4H3,(H,27,30). The molecule has 0 aromatic carbocycles. The van der Waals surface area contributed by atoms with E-state index in [4.69, 9.17) is 14.2 Å². The van der Waals surface area contributed by atoms with Crippen LogP contribution in [0.1, 0.15) is 64.9 Å². The van der Waals surface area contributed by atoms with E-state index in [1.807, 2.05) is 0 Å². The average Bonchev–Trinajstić information content (AvgIpc) is 3.24. The molecule has 1 atom stereocenters. The Kier molecular flexibility index (Phi) is 7.82. The fourth-order valence-corrected chi connectivity index (χ4v) is 4.05. The molecular weight excluding hydrogens is 455 g/mol. The quantitative estimate of drug-likeness (QED) is 0.647. The highest BCUT2D eigenvalue weighted by molar-refractivity contribution is 5.86. The van der Waals surface area contributed by atoms with Gasteiger partial charge >= 0.3 is 6.09 Å². The number of nitrogens with zero attached hydrogens (tertiary/aromatic N) is 2. The number of aromatic nitrogens is 1. The number of hydrogen-bond acceptors (Lipinski definition) is 6. The van der Waals surface area contributed by atoms with E-state index >= 15 is 0 Å². The van der Waals surface area contributed by atoms with Crippen LogP contribution in [0.3, 0.4) is 0 Å². The summed E-state index contributed by atoms with van der Waals surface area (Å²) in [6.07, 6.45) is -0.397. The van der Waals surface area contributed by atoms with Gasteiger partial charge in [-0.05, 0) is 52.5 Å². The van der Waals surface area contributed by atoms with Crippen molar-refractivity contribution in [2.75, 3.05) is 13.7 Å². The second-order valence-corrected chi connectivity index (χ2v) is 9.67. The predicted molar refractivity (Wildman–Crippen MR) is 116 cm³/mol. The maximum Gasteiger partial charge on any atom is 0.410 e. The molecule has 1 aliphatic carbocycles. The first-order chi connectivity index (χ1) is 15.9. The van der Waals surface area contributed by atoms with Gasteiger partial charge in [-0.25, -0.2) is 18.0 Å². The van der Waals surface area contributed by atoms with Crippen LogP contribution in [0, 0.1) is 5.82 Å². The molecule has 34 heavy (non-hydrogen) atoms. The van der Waals surface area contributed by atoms with Crippen molar-refractivity contribution in [1.82, 2.24) is 15.2 Å². The molecule has 1 aromatic heterocycles. The van der Waals surface area contributed by atoms with Crippen molar-refractivity contribution in [3.05, 3.63) is 17.4 Å². The fourth-order valence-electron chi connectivity index (χ4n) is 4.05. The molecule has 2 heterocycles. The number of ether oxygens (including phenoxy) is 3. The summed E-state index contributed by atoms with van der Waals surface area (Å²) < 4.78 is 57.5. The first-order valence-electron chi connectivity index (χ1n) is 11.4. The molecule has 0 spiro atoms. The van der Waals surface area contributed by atoms with Crippen molar-refractivity contribution in [3.63, 3.8) is 0 Å². The third kappa shape index (κ3) is 6.66. The number of halogens is 3. The number of pyridine rings is 1. The Hall–Kier alpha value is -2.72. The molecule has 1 unspecified atom stereocenters. The molecule has 2 amide bonds. The van der Waals surface area contributed by atoms with Crippen molar-refractivity contribution < 1.29 is 37.0 Å². The molecule has 1 saturated heterocycles. The second-order valence-electron chi connectivity index (χ2n) is 9.67. The minimum Gasteiger partial charge on any atom is -0.481 e. The lowest BCUT2D eigenvalue weighted by molar-refractivity contribution is -0.125. The molecule has 2 fully saturated rings. The predicted octanol–water partition coefficient (Wildman–Crippen LogP) is 4.20. The molecule has 1 aromatic rings. The highest BCUT2D eigenvalue weighted by Crippen LogP contribution is 2.35. The largest absolute Gasteiger partial charge is 0.481 e. The molecule has 190 valence electrons. The van der Waals surface area contributed by atoms with Crippen molar-refractivity contribution in [2.24, 2.45) is 0 Å². The number of hydrogen-bond donors (Lipinski definition) is 1. The van der Waals surface area contributed by atoms with Crippen molar-refractivity contribution in [2.45, 2.75) is 89.5 Å². The summed E-state index contributed by atoms with van der Waals surface area (Å²) in [6, 6.07) is 0.449. The highest BCUT2D eigenvalue weighted by atomic mass is 19.3. The van der Waals surface area contributed by atoms with Gasteiger partial charge < -0.3 is 19.5 Å². The van der Waals surface area contributed by atoms with Crippen molar-refractivity contribution >= 4 is 12.0 Å². The van der Waals surface area contributed by atoms with Gasteiger partial charge in [0.05, 0.1) is 7.11 Å². The minimum absolute atomic E-state index is 0.0493. The number of amides is 2. The summed E-state index contributed by atoms with van der Waals surface area (Å²) in [5.41, 5.74) is -0.405. The van der Waals surface area contributed by atoms with Crippen LogP contribution in [-0.4, -0.2) is 59.2 Å². The first-order valence-corrected chi connectivity index (χ1v) is 11.4. The lowest BCUT2D eigenvalue weighted by Crippen LogP contribution is -2.47. The Bertz CT molecular complexity index is 897. The summed E-state index contributed by atoms with van der Waals surface area (Å²) in [6.45, 7) is 5.58. The van der Waals surface area contributed by atoms with Crippen LogP contribution in [0.4, 0.5) is 18.0 Å². The zero-order valence-corrected chi connectivity index (χ0v) is 20.0. The van der Waals surface area contributed by atoms with Gasteiger partial charge in [-0.2, -0.15) is 4.98 Å². The number of nitrogens with one attached hydrogen (secondary N) is 1. The highest BCUT2D eigenvalue weighted by Gasteiger charge is 2.37. The van der Waals surface area contributed by atoms with Gasteiger partial charge in [0.2, 0.25) is 17.7 Å². The third-order valence-corrected chi connectivity index (χ3v) is 5.76. The van der Waals surface area contributed by atoms with Gasteiger partial charge in [0, 0.05) is 31.5 Å². The van der Waals surface area contributed by atoms with Crippen molar-refractivity contribution in [3.8, 4) is 11.8 Å². The molecule has 1 saturated carbocycles. The van der Waals surface area contributed by atoms with Crippen LogP contribution in [0.25, 0.3) is 0 Å². The van der Waals surface area contributed by atoms with E-state index in [0.717, 1.165) is 6.07 Å². The topological polar surface area (TPSA) is 90.0 Å². The summed E-state index contributed by atoms with van der Waals surface area (Å²) in [5, 5.41) is 2.70. The molecule has 1 N–H and O–H groups in total. The van der Waals surface area contributed by atoms with Gasteiger partial charge in [0.15, 0.2) is 5.82 Å². The van der Waals surface area contributed by atoms with E-state index in [2.05, 4.69) is 10.3 Å². The molecule has 2 aliphatic rings. The van der Waals surface area contributed by atoms with E-state index in [0.29, 0.717) is 19.4 Å². The number of methoxy groups -OCH3 is 1. The van der Waals surface area contributed by atoms with E-state index in [-0.39, 0.29) is 49.6 Å². The van der Waals surface area contributed by atoms with Gasteiger partial charge in [-0.3, -0.25) is 9.69 Å². The summed E-state index contributed by atoms with van der Waals surface area (Å²) in [5.74, 6) is -4.17. The van der Waals surface area contributed by atoms with Gasteiger partial charge in [0.25, 0.3) is 5.88 Å². The Balaban J connectivity index is 1.62. The molecular formula is C23H32F3N3O5. The molecule has 0 bridgehead atoms. The van der Waals surface area contributed by atoms with Crippen molar-refractivity contribution in [1.29, 1.82) is 0 Å². The number of carbonyl (C=O) groups is 2. The Morgan fingerprint density at radius 1 is 1.21 bits per heavy atom. The lowest BCUT2D eigenvalue weighted by Gasteiger charge is -2.28. The van der Waals surface area contributed by atoms with Gasteiger partial charge in [-0.15, -0.1) is 0 Å². The van der Waals surface area contributed by atoms with Gasteiger partial charge in [-0.1, -0.05) is 0 Å². The smallest absolute Gasteiger partial charge is 0.410 e. The fraction of sp³-hybridized carbons (Fsp3) is 0.696. The van der Waals surface area contributed by atoms with E-state index in [1.54, 1.807) is 20.8 Å². The molecule has 0 radical (unpaired) electrons. The maximum absolute atomic E-state index is 14.7. The SMILES string of the molecule is COc1nc(OC2CCC(F)(F)CC2)c(F)cc1CNC(=O)C1CCCN1C(=O)OC(C)(C)C. The van der Waals surface area contributed by atoms with Crippen LogP contribution < -0.4 is 14.8 Å². The number of alkyl halides is 2. The van der Waals surface area contributed by atoms with E-state index in [1.165, 1.54) is 12.0 Å². The third-order valence-electron chi connectivity index (χ3n) is 5.76. The molecule has 3 rings (SSSR count). The molecule has 1 aliphatic heterocycles. The number of rotatable bonds is 6. The zero-order chi connectivity index (χ0) is 25.1. The lowest BCUT2D eigenvalue weighted by atomic mass is 9.94. The zero-order valence-electron chi connectivity index (χ0n) is 20.0. The van der Waals surface area contributed by atoms with Crippen LogP contribution >= 0.6 is 0 Å². The van der Waals surface area contributed by atoms with E-state index in [9.17, 15) is 22.8 Å². The van der Waals surface area contributed by atoms with Crippen LogP contribution in [0.2, 0.25) is 0 Å². The Morgan fingerprint density at radius 2 is 1.88 bits per heavy atom. The van der Waals surface area contributed by atoms with Gasteiger partial charge in [0.1, 0.15) is 17.7 Å². The van der Waals surface area contributed by atoms with Crippen LogP contribution in [0.5, 0.6) is 11.8 Å². The second kappa shape index (κ2) is 10.3. The summed E-state index contributed by atoms with van der Waals surface area (Å²) in [4.78, 5) is 30.6. The Labute approximate surface area is 197 Å². The minimum atomic E-state index is -2.72. The normalized spacial score (nSPS) is 20.7. The first kappa shape index (κ1) is 25.9. The number of carbonyl (C=O) groups excluding carboxylic acids is 2. The van der Waals surface area contributed by atoms with Crippen LogP contribution in [0.15, 0.2) is 6.07 Å². The van der Waals surface area contributed by atoms with Crippen LogP contribution in [-0.2, 0) is 16.1 Å². The molecule has 11 heteroatoms. The Morgan fingerprint density at radius 3 is 2.50 bits per heavy atom. The maximum atomic E-state index is 14.7. The molecule has 8 nitrogen and oxygen atoms in total. The average molecular weight is 488 g/mol. The number of likely N-dealkylation sites (tertiary alicyclic amines) is 1. The summed E-state index contributed by atoms with van der Waals surface area (Å²) in [7, 11) is 1.34.